The highest BCUT2D eigenvalue weighted by atomic mass is 16.5. The molecule has 0 spiro atoms. The van der Waals surface area contributed by atoms with Crippen molar-refractivity contribution in [1.82, 2.24) is 5.32 Å². The Bertz CT molecular complexity index is 1060. The van der Waals surface area contributed by atoms with Crippen molar-refractivity contribution in [2.75, 3.05) is 7.11 Å². The van der Waals surface area contributed by atoms with Crippen molar-refractivity contribution < 1.29 is 14.3 Å². The molecule has 0 bridgehead atoms. The number of Topliss-reactive ketones (excluding diaryl/α,β-unsaturated/α-hetero) is 1. The number of benzene rings is 2. The lowest BCUT2D eigenvalue weighted by atomic mass is 9.68. The van der Waals surface area contributed by atoms with E-state index in [0.29, 0.717) is 17.6 Å². The van der Waals surface area contributed by atoms with E-state index < -0.39 is 11.9 Å². The normalized spacial score (nSPS) is 21.4. The van der Waals surface area contributed by atoms with E-state index in [1.807, 2.05) is 25.1 Å². The summed E-state index contributed by atoms with van der Waals surface area (Å²) in [5.41, 5.74) is 3.77. The van der Waals surface area contributed by atoms with Crippen molar-refractivity contribution in [2.45, 2.75) is 39.5 Å². The predicted octanol–water partition coefficient (Wildman–Crippen LogP) is 4.62. The van der Waals surface area contributed by atoms with Crippen LogP contribution in [0.1, 0.15) is 45.1 Å². The number of dihydropyridines is 1. The number of nitrogens with one attached hydrogen (secondary N) is 1. The number of rotatable bonds is 2. The fraction of sp³-hybridized carbons (Fsp3) is 0.333. The summed E-state index contributed by atoms with van der Waals surface area (Å²) in [6.07, 6.45) is 1.26. The Morgan fingerprint density at radius 2 is 1.82 bits per heavy atom. The Kier molecular flexibility index (Phi) is 4.37. The van der Waals surface area contributed by atoms with Gasteiger partial charge in [-0.1, -0.05) is 56.3 Å². The Balaban J connectivity index is 1.93. The second kappa shape index (κ2) is 6.62. The highest BCUT2D eigenvalue weighted by molar-refractivity contribution is 6.04. The van der Waals surface area contributed by atoms with Crippen LogP contribution in [0.4, 0.5) is 0 Å². The maximum absolute atomic E-state index is 13.2. The smallest absolute Gasteiger partial charge is 0.336 e. The average Bonchev–Trinajstić information content (AvgIpc) is 2.65. The number of hydrogen-bond acceptors (Lipinski definition) is 4. The molecule has 1 aliphatic carbocycles. The van der Waals surface area contributed by atoms with Gasteiger partial charge in [-0.3, -0.25) is 4.79 Å². The van der Waals surface area contributed by atoms with Gasteiger partial charge in [0.05, 0.1) is 12.7 Å². The molecule has 2 aromatic carbocycles. The van der Waals surface area contributed by atoms with Crippen LogP contribution in [0, 0.1) is 5.41 Å². The fourth-order valence-electron chi connectivity index (χ4n) is 4.54. The van der Waals surface area contributed by atoms with E-state index in [1.54, 1.807) is 0 Å². The number of ether oxygens (including phenoxy) is 1. The van der Waals surface area contributed by atoms with Gasteiger partial charge in [0.1, 0.15) is 0 Å². The molecular weight excluding hydrogens is 350 g/mol. The van der Waals surface area contributed by atoms with Crippen LogP contribution >= 0.6 is 0 Å². The van der Waals surface area contributed by atoms with Gasteiger partial charge in [0, 0.05) is 29.3 Å². The number of allylic oxidation sites excluding steroid dienone is 3. The molecule has 144 valence electrons. The highest BCUT2D eigenvalue weighted by Gasteiger charge is 2.42. The zero-order valence-electron chi connectivity index (χ0n) is 16.8. The van der Waals surface area contributed by atoms with E-state index in [4.69, 9.17) is 4.74 Å². The van der Waals surface area contributed by atoms with Crippen LogP contribution in [0.3, 0.4) is 0 Å². The first-order valence-electron chi connectivity index (χ1n) is 9.62. The lowest BCUT2D eigenvalue weighted by Gasteiger charge is -2.39. The van der Waals surface area contributed by atoms with Crippen LogP contribution in [0.5, 0.6) is 0 Å². The van der Waals surface area contributed by atoms with Gasteiger partial charge in [-0.05, 0) is 35.1 Å². The molecule has 28 heavy (non-hydrogen) atoms. The summed E-state index contributed by atoms with van der Waals surface area (Å²) in [5.74, 6) is -0.699. The molecule has 0 fully saturated rings. The first kappa shape index (κ1) is 18.5. The van der Waals surface area contributed by atoms with Crippen molar-refractivity contribution >= 4 is 22.5 Å². The van der Waals surface area contributed by atoms with E-state index in [9.17, 15) is 9.59 Å². The van der Waals surface area contributed by atoms with Gasteiger partial charge in [0.2, 0.25) is 0 Å². The van der Waals surface area contributed by atoms with Crippen LogP contribution in [-0.2, 0) is 14.3 Å². The molecule has 4 rings (SSSR count). The second-order valence-corrected chi connectivity index (χ2v) is 8.53. The van der Waals surface area contributed by atoms with Crippen LogP contribution in [0.15, 0.2) is 65.0 Å². The molecule has 0 aromatic heterocycles. The SMILES string of the molecule is COC(=O)C1=C(C)NC2=C(C(=O)CC(C)(C)C2)[C@H]1c1ccc2ccccc2c1. The van der Waals surface area contributed by atoms with Crippen LogP contribution in [0.25, 0.3) is 10.8 Å². The maximum Gasteiger partial charge on any atom is 0.336 e. The van der Waals surface area contributed by atoms with Gasteiger partial charge in [0.15, 0.2) is 5.78 Å². The third-order valence-corrected chi connectivity index (χ3v) is 5.75. The van der Waals surface area contributed by atoms with Gasteiger partial charge < -0.3 is 10.1 Å². The number of carbonyl (C=O) groups excluding carboxylic acids is 2. The largest absolute Gasteiger partial charge is 0.466 e. The summed E-state index contributed by atoms with van der Waals surface area (Å²) in [5, 5.41) is 5.56. The number of esters is 1. The van der Waals surface area contributed by atoms with Crippen LogP contribution in [-0.4, -0.2) is 18.9 Å². The summed E-state index contributed by atoms with van der Waals surface area (Å²) >= 11 is 0. The van der Waals surface area contributed by atoms with Crippen molar-refractivity contribution in [3.05, 3.63) is 70.6 Å². The molecule has 2 aliphatic rings. The predicted molar refractivity (Wildman–Crippen MR) is 110 cm³/mol. The van der Waals surface area contributed by atoms with Crippen molar-refractivity contribution in [3.8, 4) is 0 Å². The molecule has 0 unspecified atom stereocenters. The minimum Gasteiger partial charge on any atom is -0.466 e. The average molecular weight is 375 g/mol. The summed E-state index contributed by atoms with van der Waals surface area (Å²) < 4.78 is 5.08. The molecule has 4 heteroatoms. The van der Waals surface area contributed by atoms with Crippen LogP contribution in [0.2, 0.25) is 0 Å². The Hall–Kier alpha value is -2.88. The van der Waals surface area contributed by atoms with Gasteiger partial charge in [-0.25, -0.2) is 4.79 Å². The fourth-order valence-corrected chi connectivity index (χ4v) is 4.54. The summed E-state index contributed by atoms with van der Waals surface area (Å²) in [4.78, 5) is 25.9. The molecule has 0 radical (unpaired) electrons. The zero-order chi connectivity index (χ0) is 20.1. The lowest BCUT2D eigenvalue weighted by molar-refractivity contribution is -0.136. The molecule has 2 aromatic rings. The van der Waals surface area contributed by atoms with E-state index in [-0.39, 0.29) is 11.2 Å². The quantitative estimate of drug-likeness (QED) is 0.779. The third-order valence-electron chi connectivity index (χ3n) is 5.75. The van der Waals surface area contributed by atoms with Gasteiger partial charge in [-0.15, -0.1) is 0 Å². The minimum atomic E-state index is -0.406. The highest BCUT2D eigenvalue weighted by Crippen LogP contribution is 2.47. The van der Waals surface area contributed by atoms with E-state index in [0.717, 1.165) is 34.2 Å². The summed E-state index contributed by atoms with van der Waals surface area (Å²) in [6.45, 7) is 6.10. The first-order valence-corrected chi connectivity index (χ1v) is 9.62. The van der Waals surface area contributed by atoms with Crippen molar-refractivity contribution in [1.29, 1.82) is 0 Å². The first-order chi connectivity index (χ1) is 13.3. The molecule has 1 atom stereocenters. The number of hydrogen-bond donors (Lipinski definition) is 1. The Morgan fingerprint density at radius 1 is 1.11 bits per heavy atom. The zero-order valence-corrected chi connectivity index (χ0v) is 16.8. The van der Waals surface area contributed by atoms with E-state index in [1.165, 1.54) is 7.11 Å². The molecule has 1 aliphatic heterocycles. The second-order valence-electron chi connectivity index (χ2n) is 8.53. The third kappa shape index (κ3) is 3.03. The maximum atomic E-state index is 13.2. The Morgan fingerprint density at radius 3 is 2.54 bits per heavy atom. The summed E-state index contributed by atoms with van der Waals surface area (Å²) in [6, 6.07) is 14.3. The molecule has 1 N–H and O–H groups in total. The number of ketones is 1. The van der Waals surface area contributed by atoms with Crippen molar-refractivity contribution in [3.63, 3.8) is 0 Å². The van der Waals surface area contributed by atoms with Crippen LogP contribution < -0.4 is 5.32 Å². The van der Waals surface area contributed by atoms with Gasteiger partial charge in [0.25, 0.3) is 0 Å². The summed E-state index contributed by atoms with van der Waals surface area (Å²) in [7, 11) is 1.38. The molecule has 0 saturated carbocycles. The molecule has 1 heterocycles. The monoisotopic (exact) mass is 375 g/mol. The molecule has 0 amide bonds. The van der Waals surface area contributed by atoms with E-state index >= 15 is 0 Å². The molecular formula is C24H25NO3. The Labute approximate surface area is 165 Å². The molecule has 0 saturated heterocycles. The molecule has 4 nitrogen and oxygen atoms in total. The standard InChI is InChI=1S/C24H25NO3/c1-14-20(23(27)28-4)21(17-10-9-15-7-5-6-8-16(15)11-17)22-18(25-14)12-24(2,3)13-19(22)26/h5-11,21,25H,12-13H2,1-4H3/t21-/m0/s1. The number of fused-ring (bicyclic) bond motifs is 1. The topological polar surface area (TPSA) is 55.4 Å². The number of methoxy groups -OCH3 is 1. The van der Waals surface area contributed by atoms with Gasteiger partial charge >= 0.3 is 5.97 Å². The van der Waals surface area contributed by atoms with Crippen molar-refractivity contribution in [2.24, 2.45) is 5.41 Å². The lowest BCUT2D eigenvalue weighted by Crippen LogP contribution is -2.38. The van der Waals surface area contributed by atoms with E-state index in [2.05, 4.69) is 43.4 Å². The number of carbonyl (C=O) groups is 2. The van der Waals surface area contributed by atoms with Gasteiger partial charge in [-0.2, -0.15) is 0 Å². The minimum absolute atomic E-state index is 0.0973.